The number of amides is 1. The van der Waals surface area contributed by atoms with Crippen molar-refractivity contribution in [2.75, 3.05) is 13.1 Å². The number of halogens is 1. The van der Waals surface area contributed by atoms with E-state index >= 15 is 0 Å². The molecule has 1 aromatic heterocycles. The van der Waals surface area contributed by atoms with E-state index < -0.39 is 12.2 Å². The number of likely N-dealkylation sites (tertiary alicyclic amines) is 1. The maximum absolute atomic E-state index is 12.8. The average molecular weight is 259 g/mol. The fraction of sp³-hybridized carbons (Fsp3) is 0.545. The second-order valence-corrected chi connectivity index (χ2v) is 5.26. The second kappa shape index (κ2) is 5.01. The zero-order valence-corrected chi connectivity index (χ0v) is 9.99. The third-order valence-corrected chi connectivity index (χ3v) is 4.09. The molecule has 1 aliphatic rings. The first kappa shape index (κ1) is 12.3. The fourth-order valence-corrected chi connectivity index (χ4v) is 2.94. The number of rotatable bonds is 2. The van der Waals surface area contributed by atoms with Gasteiger partial charge in [-0.05, 0) is 30.9 Å². The van der Waals surface area contributed by atoms with E-state index in [0.717, 1.165) is 11.3 Å². The van der Waals surface area contributed by atoms with E-state index in [-0.39, 0.29) is 11.0 Å². The van der Waals surface area contributed by atoms with Crippen molar-refractivity contribution in [1.29, 1.82) is 0 Å². The van der Waals surface area contributed by atoms with Crippen LogP contribution in [0.2, 0.25) is 0 Å². The van der Waals surface area contributed by atoms with Crippen molar-refractivity contribution in [2.24, 2.45) is 5.92 Å². The van der Waals surface area contributed by atoms with E-state index in [2.05, 4.69) is 0 Å². The van der Waals surface area contributed by atoms with Crippen LogP contribution in [0.4, 0.5) is 9.18 Å². The summed E-state index contributed by atoms with van der Waals surface area (Å²) in [5, 5.41) is 18.6. The molecule has 1 amide bonds. The number of hydrogen-bond donors (Lipinski definition) is 2. The van der Waals surface area contributed by atoms with Crippen molar-refractivity contribution in [1.82, 2.24) is 4.90 Å². The van der Waals surface area contributed by atoms with Gasteiger partial charge in [-0.2, -0.15) is 4.39 Å². The minimum atomic E-state index is -0.917. The summed E-state index contributed by atoms with van der Waals surface area (Å²) >= 11 is 0.950. The Kier molecular flexibility index (Phi) is 3.63. The van der Waals surface area contributed by atoms with Crippen molar-refractivity contribution in [3.8, 4) is 0 Å². The standard InChI is InChI=1S/C11H14FNO3S/c12-9-2-1-8(17-9)10(14)7-3-5-13(6-4-7)11(15)16/h1-2,7,10,14H,3-6H2,(H,15,16). The molecule has 2 N–H and O–H groups in total. The smallest absolute Gasteiger partial charge is 0.407 e. The molecule has 1 saturated heterocycles. The topological polar surface area (TPSA) is 60.8 Å². The zero-order valence-electron chi connectivity index (χ0n) is 9.17. The Hall–Kier alpha value is -1.14. The Balaban J connectivity index is 1.94. The third kappa shape index (κ3) is 2.76. The predicted octanol–water partition coefficient (Wildman–Crippen LogP) is 2.31. The lowest BCUT2D eigenvalue weighted by molar-refractivity contribution is 0.0595. The molecule has 1 unspecified atom stereocenters. The van der Waals surface area contributed by atoms with Gasteiger partial charge in [-0.3, -0.25) is 0 Å². The molecule has 6 heteroatoms. The van der Waals surface area contributed by atoms with E-state index in [9.17, 15) is 14.3 Å². The van der Waals surface area contributed by atoms with E-state index in [1.54, 1.807) is 6.07 Å². The maximum Gasteiger partial charge on any atom is 0.407 e. The van der Waals surface area contributed by atoms with Crippen LogP contribution in [0.15, 0.2) is 12.1 Å². The van der Waals surface area contributed by atoms with Gasteiger partial charge in [-0.15, -0.1) is 11.3 Å². The minimum Gasteiger partial charge on any atom is -0.465 e. The van der Waals surface area contributed by atoms with E-state index in [0.29, 0.717) is 30.8 Å². The number of aliphatic hydroxyl groups is 1. The summed E-state index contributed by atoms with van der Waals surface area (Å²) in [5.74, 6) is 0.0173. The van der Waals surface area contributed by atoms with Gasteiger partial charge in [0.2, 0.25) is 0 Å². The van der Waals surface area contributed by atoms with Gasteiger partial charge in [0.05, 0.1) is 6.10 Å². The first-order valence-electron chi connectivity index (χ1n) is 5.49. The Morgan fingerprint density at radius 1 is 1.47 bits per heavy atom. The van der Waals surface area contributed by atoms with Crippen LogP contribution < -0.4 is 0 Å². The Morgan fingerprint density at radius 3 is 2.59 bits per heavy atom. The molecular formula is C11H14FNO3S. The number of thiophene rings is 1. The van der Waals surface area contributed by atoms with Gasteiger partial charge in [0, 0.05) is 18.0 Å². The van der Waals surface area contributed by atoms with Crippen molar-refractivity contribution in [2.45, 2.75) is 18.9 Å². The summed E-state index contributed by atoms with van der Waals surface area (Å²) in [6, 6.07) is 2.93. The SMILES string of the molecule is O=C(O)N1CCC(C(O)c2ccc(F)s2)CC1. The molecule has 94 valence electrons. The number of aliphatic hydroxyl groups excluding tert-OH is 1. The maximum atomic E-state index is 12.8. The van der Waals surface area contributed by atoms with Crippen molar-refractivity contribution < 1.29 is 19.4 Å². The molecule has 17 heavy (non-hydrogen) atoms. The van der Waals surface area contributed by atoms with Crippen molar-refractivity contribution in [3.63, 3.8) is 0 Å². The highest BCUT2D eigenvalue weighted by molar-refractivity contribution is 7.10. The highest BCUT2D eigenvalue weighted by atomic mass is 32.1. The minimum absolute atomic E-state index is 0.0173. The normalized spacial score (nSPS) is 19.3. The van der Waals surface area contributed by atoms with Gasteiger partial charge in [-0.25, -0.2) is 4.79 Å². The van der Waals surface area contributed by atoms with Crippen LogP contribution in [-0.4, -0.2) is 34.3 Å². The monoisotopic (exact) mass is 259 g/mol. The van der Waals surface area contributed by atoms with Crippen molar-refractivity contribution >= 4 is 17.4 Å². The summed E-state index contributed by atoms with van der Waals surface area (Å²) in [7, 11) is 0. The van der Waals surface area contributed by atoms with Crippen LogP contribution in [0, 0.1) is 11.0 Å². The van der Waals surface area contributed by atoms with Gasteiger partial charge in [-0.1, -0.05) is 0 Å². The number of nitrogens with zero attached hydrogens (tertiary/aromatic N) is 1. The summed E-state index contributed by atoms with van der Waals surface area (Å²) in [6.45, 7) is 0.871. The average Bonchev–Trinajstić information content (AvgIpc) is 2.75. The highest BCUT2D eigenvalue weighted by Crippen LogP contribution is 2.33. The molecule has 2 heterocycles. The molecule has 4 nitrogen and oxygen atoms in total. The van der Waals surface area contributed by atoms with E-state index in [1.807, 2.05) is 0 Å². The molecule has 0 spiro atoms. The van der Waals surface area contributed by atoms with Crippen LogP contribution in [0.3, 0.4) is 0 Å². The summed E-state index contributed by atoms with van der Waals surface area (Å²) in [4.78, 5) is 12.7. The number of carboxylic acid groups (broad SMARTS) is 1. The molecule has 2 rings (SSSR count). The molecule has 1 aliphatic heterocycles. The second-order valence-electron chi connectivity index (χ2n) is 4.19. The quantitative estimate of drug-likeness (QED) is 0.856. The molecule has 1 aromatic rings. The highest BCUT2D eigenvalue weighted by Gasteiger charge is 2.28. The molecule has 0 aliphatic carbocycles. The number of carbonyl (C=O) groups is 1. The van der Waals surface area contributed by atoms with Gasteiger partial charge < -0.3 is 15.1 Å². The molecule has 0 saturated carbocycles. The third-order valence-electron chi connectivity index (χ3n) is 3.14. The summed E-state index contributed by atoms with van der Waals surface area (Å²) in [5.41, 5.74) is 0. The van der Waals surface area contributed by atoms with Crippen LogP contribution in [0.1, 0.15) is 23.8 Å². The van der Waals surface area contributed by atoms with Crippen LogP contribution in [0.5, 0.6) is 0 Å². The molecule has 0 bridgehead atoms. The molecule has 1 atom stereocenters. The van der Waals surface area contributed by atoms with Crippen LogP contribution in [-0.2, 0) is 0 Å². The first-order chi connectivity index (χ1) is 8.08. The van der Waals surface area contributed by atoms with Gasteiger partial charge in [0.15, 0.2) is 5.13 Å². The van der Waals surface area contributed by atoms with Crippen LogP contribution >= 0.6 is 11.3 Å². The lowest BCUT2D eigenvalue weighted by Crippen LogP contribution is -2.38. The molecule has 0 radical (unpaired) electrons. The predicted molar refractivity (Wildman–Crippen MR) is 61.6 cm³/mol. The molecule has 1 fully saturated rings. The lowest BCUT2D eigenvalue weighted by Gasteiger charge is -2.32. The van der Waals surface area contributed by atoms with Crippen molar-refractivity contribution in [3.05, 3.63) is 22.1 Å². The van der Waals surface area contributed by atoms with Crippen LogP contribution in [0.25, 0.3) is 0 Å². The molecule has 0 aromatic carbocycles. The van der Waals surface area contributed by atoms with E-state index in [1.165, 1.54) is 11.0 Å². The van der Waals surface area contributed by atoms with E-state index in [4.69, 9.17) is 5.11 Å². The Bertz CT molecular complexity index is 401. The van der Waals surface area contributed by atoms with Gasteiger partial charge in [0.1, 0.15) is 0 Å². The summed E-state index contributed by atoms with van der Waals surface area (Å²) in [6.07, 6.45) is -0.361. The Morgan fingerprint density at radius 2 is 2.12 bits per heavy atom. The number of hydrogen-bond acceptors (Lipinski definition) is 3. The molecular weight excluding hydrogens is 245 g/mol. The summed E-state index contributed by atoms with van der Waals surface area (Å²) < 4.78 is 12.8. The van der Waals surface area contributed by atoms with Gasteiger partial charge in [0.25, 0.3) is 0 Å². The first-order valence-corrected chi connectivity index (χ1v) is 6.30. The Labute approximate surface area is 102 Å². The largest absolute Gasteiger partial charge is 0.465 e. The lowest BCUT2D eigenvalue weighted by atomic mass is 9.90. The number of piperidine rings is 1. The zero-order chi connectivity index (χ0) is 12.4. The van der Waals surface area contributed by atoms with Gasteiger partial charge >= 0.3 is 6.09 Å². The fourth-order valence-electron chi connectivity index (χ4n) is 2.13.